The maximum absolute atomic E-state index is 15.6. The van der Waals surface area contributed by atoms with Crippen LogP contribution in [0.15, 0.2) is 78.9 Å². The predicted octanol–water partition coefficient (Wildman–Crippen LogP) is 6.18. The predicted molar refractivity (Wildman–Crippen MR) is 327 cm³/mol. The van der Waals surface area contributed by atoms with E-state index in [1.54, 1.807) is 115 Å². The molecule has 0 radical (unpaired) electrons. The third-order valence-corrected chi connectivity index (χ3v) is 17.1. The van der Waals surface area contributed by atoms with E-state index in [9.17, 15) is 33.5 Å². The van der Waals surface area contributed by atoms with Crippen LogP contribution in [0.3, 0.4) is 0 Å². The Morgan fingerprint density at radius 3 is 1.67 bits per heavy atom. The summed E-state index contributed by atoms with van der Waals surface area (Å²) >= 11 is 0. The minimum atomic E-state index is -1.99. The van der Waals surface area contributed by atoms with Gasteiger partial charge in [-0.05, 0) is 97.6 Å². The van der Waals surface area contributed by atoms with Crippen molar-refractivity contribution in [1.29, 1.82) is 0 Å². The van der Waals surface area contributed by atoms with Crippen LogP contribution < -0.4 is 16.0 Å². The zero-order valence-corrected chi connectivity index (χ0v) is 53.4. The summed E-state index contributed by atoms with van der Waals surface area (Å²) < 4.78 is 20.7. The van der Waals surface area contributed by atoms with E-state index < -0.39 is 143 Å². The first kappa shape index (κ1) is 69.6. The van der Waals surface area contributed by atoms with E-state index in [1.807, 2.05) is 20.8 Å². The highest BCUT2D eigenvalue weighted by Gasteiger charge is 2.48. The SMILES string of the molecule is CC[C@H](C)[C@@H]1NC(=O)[C@@H]2CCCN2C(=O)[C@H](Cc2cccc(-c3cccc(F)c3)c2)N(C)C(=O)[C@H](Cc2ccccc2)NC(=O)C(C(C)C)N(C)C(=O)[C@@H]([C@@H](C)CC)OC(=O)[C@H](C(C)(C)O)N(C)C(=O)[C@H](CC(C)C)NC(=O)C(C(C)C)N(C)C1=O. The van der Waals surface area contributed by atoms with Crippen molar-refractivity contribution in [2.75, 3.05) is 34.7 Å². The summed E-state index contributed by atoms with van der Waals surface area (Å²) in [7, 11) is 5.60. The second-order valence-electron chi connectivity index (χ2n) is 25.4. The largest absolute Gasteiger partial charge is 0.450 e. The molecule has 2 aliphatic heterocycles. The zero-order chi connectivity index (χ0) is 64.2. The maximum atomic E-state index is 15.6. The molecule has 19 nitrogen and oxygen atoms in total. The van der Waals surface area contributed by atoms with Crippen LogP contribution in [0.5, 0.6) is 0 Å². The van der Waals surface area contributed by atoms with Crippen molar-refractivity contribution in [2.24, 2.45) is 29.6 Å². The van der Waals surface area contributed by atoms with Gasteiger partial charge in [-0.3, -0.25) is 38.4 Å². The molecule has 4 N–H and O–H groups in total. The summed E-state index contributed by atoms with van der Waals surface area (Å²) in [6.45, 7) is 20.4. The molecule has 2 unspecified atom stereocenters. The number of carbonyl (C=O) groups excluding carboxylic acids is 9. The molecule has 2 aliphatic rings. The fourth-order valence-corrected chi connectivity index (χ4v) is 11.9. The first-order valence-corrected chi connectivity index (χ1v) is 30.4. The second kappa shape index (κ2) is 30.4. The molecule has 0 saturated carbocycles. The number of cyclic esters (lactones) is 1. The number of nitrogens with zero attached hydrogens (tertiary/aromatic N) is 5. The molecule has 3 aromatic carbocycles. The van der Waals surface area contributed by atoms with Crippen LogP contribution >= 0.6 is 0 Å². The monoisotopic (exact) mass is 1190 g/mol. The molecule has 20 heteroatoms. The number of ether oxygens (including phenoxy) is 1. The number of nitrogens with one attached hydrogen (secondary N) is 3. The highest BCUT2D eigenvalue weighted by Crippen LogP contribution is 2.29. The first-order valence-electron chi connectivity index (χ1n) is 30.4. The van der Waals surface area contributed by atoms with Gasteiger partial charge in [0, 0.05) is 53.5 Å². The van der Waals surface area contributed by atoms with Crippen molar-refractivity contribution in [3.8, 4) is 11.1 Å². The topological polar surface area (TPSA) is 235 Å². The van der Waals surface area contributed by atoms with Crippen molar-refractivity contribution in [3.05, 3.63) is 95.8 Å². The van der Waals surface area contributed by atoms with Crippen LogP contribution in [-0.4, -0.2) is 178 Å². The maximum Gasteiger partial charge on any atom is 0.332 e. The fraction of sp³-hybridized carbons (Fsp3) is 0.591. The van der Waals surface area contributed by atoms with Gasteiger partial charge in [0.2, 0.25) is 41.4 Å². The Morgan fingerprint density at radius 1 is 0.593 bits per heavy atom. The number of likely N-dealkylation sites (N-methyl/N-ethyl adjacent to an activating group) is 4. The average molecular weight is 1200 g/mol. The molecule has 5 rings (SSSR count). The number of hydrogen-bond donors (Lipinski definition) is 4. The van der Waals surface area contributed by atoms with Gasteiger partial charge in [-0.15, -0.1) is 0 Å². The number of aliphatic hydroxyl groups is 1. The van der Waals surface area contributed by atoms with Crippen molar-refractivity contribution in [3.63, 3.8) is 0 Å². The molecule has 2 fully saturated rings. The number of fused-ring (bicyclic) bond motifs is 1. The lowest BCUT2D eigenvalue weighted by Gasteiger charge is -2.39. The number of carbonyl (C=O) groups is 9. The Kier molecular flexibility index (Phi) is 24.6. The van der Waals surface area contributed by atoms with Gasteiger partial charge in [0.15, 0.2) is 12.1 Å². The second-order valence-corrected chi connectivity index (χ2v) is 25.4. The molecular formula is C66H95FN8O11. The van der Waals surface area contributed by atoms with Crippen LogP contribution in [0.2, 0.25) is 0 Å². The third kappa shape index (κ3) is 17.1. The van der Waals surface area contributed by atoms with Crippen molar-refractivity contribution >= 4 is 53.2 Å². The summed E-state index contributed by atoms with van der Waals surface area (Å²) in [5.41, 5.74) is 0.469. The van der Waals surface area contributed by atoms with E-state index in [0.29, 0.717) is 41.5 Å². The molecule has 3 aromatic rings. The quantitative estimate of drug-likeness (QED) is 0.133. The van der Waals surface area contributed by atoms with E-state index in [-0.39, 0.29) is 38.1 Å². The molecular weight excluding hydrogens is 1100 g/mol. The van der Waals surface area contributed by atoms with Gasteiger partial charge in [-0.2, -0.15) is 0 Å². The molecule has 2 saturated heterocycles. The fourth-order valence-electron chi connectivity index (χ4n) is 11.9. The standard InChI is InChI=1S/C66H95FN8O11/c1-17-41(9)52-63(82)72(14)53(39(5)6)58(77)68-48(33-38(3)4)61(80)74(16)56(66(11,12)85)65(84)86-55(42(10)18-2)64(83)73(15)54(40(7)8)59(78)69-49(35-43-25-20-19-21-26-43)60(79)71(13)51(62(81)75-32-24-31-50(75)57(76)70-52)36-44-27-22-28-45(34-44)46-29-23-30-47(67)37-46/h19-23,25-30,34,37-42,48-56,85H,17-18,24,31-33,35-36H2,1-16H3,(H,68,77)(H,69,78)(H,70,76)/t41-,42-,48-,49-,50-,51-,52-,53?,54?,55+,56+/m0/s1. The summed E-state index contributed by atoms with van der Waals surface area (Å²) in [6, 6.07) is 11.6. The van der Waals surface area contributed by atoms with Gasteiger partial charge in [0.05, 0.1) is 5.60 Å². The number of rotatable bonds is 14. The minimum Gasteiger partial charge on any atom is -0.450 e. The van der Waals surface area contributed by atoms with E-state index in [1.165, 1.54) is 73.8 Å². The number of esters is 1. The highest BCUT2D eigenvalue weighted by atomic mass is 19.1. The van der Waals surface area contributed by atoms with Gasteiger partial charge >= 0.3 is 5.97 Å². The third-order valence-electron chi connectivity index (χ3n) is 17.1. The van der Waals surface area contributed by atoms with Crippen molar-refractivity contribution in [2.45, 2.75) is 188 Å². The number of halogens is 1. The molecule has 11 atom stereocenters. The van der Waals surface area contributed by atoms with E-state index in [0.717, 1.165) is 4.90 Å². The first-order chi connectivity index (χ1) is 40.3. The Labute approximate surface area is 508 Å². The van der Waals surface area contributed by atoms with Gasteiger partial charge in [0.25, 0.3) is 5.91 Å². The van der Waals surface area contributed by atoms with Gasteiger partial charge < -0.3 is 50.3 Å². The smallest absolute Gasteiger partial charge is 0.332 e. The lowest BCUT2D eigenvalue weighted by molar-refractivity contribution is -0.177. The summed E-state index contributed by atoms with van der Waals surface area (Å²) in [6.07, 6.45) is -0.292. The Morgan fingerprint density at radius 2 is 1.13 bits per heavy atom. The van der Waals surface area contributed by atoms with Crippen LogP contribution in [0.25, 0.3) is 11.1 Å². The van der Waals surface area contributed by atoms with Gasteiger partial charge in [0.1, 0.15) is 48.1 Å². The Bertz CT molecular complexity index is 2880. The van der Waals surface area contributed by atoms with E-state index in [4.69, 9.17) is 4.74 Å². The van der Waals surface area contributed by atoms with Crippen LogP contribution in [-0.2, 0) is 60.7 Å². The summed E-state index contributed by atoms with van der Waals surface area (Å²) in [4.78, 5) is 142. The average Bonchev–Trinajstić information content (AvgIpc) is 1.84. The molecule has 0 spiro atoms. The molecule has 86 heavy (non-hydrogen) atoms. The van der Waals surface area contributed by atoms with Crippen LogP contribution in [0, 0.1) is 35.4 Å². The normalized spacial score (nSPS) is 25.3. The lowest BCUT2D eigenvalue weighted by Crippen LogP contribution is -2.63. The van der Waals surface area contributed by atoms with Gasteiger partial charge in [-0.25, -0.2) is 9.18 Å². The number of benzene rings is 3. The minimum absolute atomic E-state index is 0.0586. The van der Waals surface area contributed by atoms with Crippen molar-refractivity contribution < 1.29 is 57.4 Å². The summed E-state index contributed by atoms with van der Waals surface area (Å²) in [5.74, 6) is -9.57. The Hall–Kier alpha value is -7.22. The summed E-state index contributed by atoms with van der Waals surface area (Å²) in [5, 5.41) is 20.5. The lowest BCUT2D eigenvalue weighted by atomic mass is 9.93. The van der Waals surface area contributed by atoms with E-state index >= 15 is 19.2 Å². The molecule has 0 aromatic heterocycles. The van der Waals surface area contributed by atoms with Gasteiger partial charge in [-0.1, -0.05) is 142 Å². The highest BCUT2D eigenvalue weighted by molar-refractivity contribution is 5.99. The molecule has 472 valence electrons. The number of hydrogen-bond acceptors (Lipinski definition) is 11. The molecule has 8 amide bonds. The van der Waals surface area contributed by atoms with Crippen molar-refractivity contribution in [1.82, 2.24) is 40.4 Å². The molecule has 0 aliphatic carbocycles. The molecule has 0 bridgehead atoms. The molecule has 2 heterocycles. The number of amides is 8. The van der Waals surface area contributed by atoms with E-state index in [2.05, 4.69) is 16.0 Å². The van der Waals surface area contributed by atoms with Crippen LogP contribution in [0.1, 0.15) is 126 Å². The van der Waals surface area contributed by atoms with Crippen LogP contribution in [0.4, 0.5) is 4.39 Å². The Balaban J connectivity index is 1.73. The zero-order valence-electron chi connectivity index (χ0n) is 53.4.